The number of nitrogens with zero attached hydrogens (tertiary/aromatic N) is 3. The average Bonchev–Trinajstić information content (AvgIpc) is 3.31. The molecule has 3 aromatic carbocycles. The van der Waals surface area contributed by atoms with Crippen LogP contribution in [-0.2, 0) is 11.3 Å². The van der Waals surface area contributed by atoms with E-state index in [1.165, 1.54) is 0 Å². The quantitative estimate of drug-likeness (QED) is 0.215. The minimum atomic E-state index is -1.05. The van der Waals surface area contributed by atoms with Gasteiger partial charge in [-0.25, -0.2) is 4.79 Å². The summed E-state index contributed by atoms with van der Waals surface area (Å²) in [6.45, 7) is 4.98. The van der Waals surface area contributed by atoms with Crippen LogP contribution in [-0.4, -0.2) is 46.7 Å². The van der Waals surface area contributed by atoms with Crippen LogP contribution in [0.2, 0.25) is 0 Å². The van der Waals surface area contributed by atoms with Crippen LogP contribution in [0.1, 0.15) is 19.4 Å². The molecule has 0 aliphatic rings. The van der Waals surface area contributed by atoms with Gasteiger partial charge in [0.1, 0.15) is 22.2 Å². The molecule has 1 heterocycles. The summed E-state index contributed by atoms with van der Waals surface area (Å²) >= 11 is 1.06. The van der Waals surface area contributed by atoms with E-state index in [0.29, 0.717) is 35.6 Å². The number of hydrogen-bond acceptors (Lipinski definition) is 7. The number of thioether (sulfide) groups is 1. The Hall–Kier alpha value is -3.98. The average molecular weight is 506 g/mol. The first-order chi connectivity index (χ1) is 17.5. The molecule has 1 N–H and O–H groups in total. The van der Waals surface area contributed by atoms with Gasteiger partial charge < -0.3 is 23.9 Å². The van der Waals surface area contributed by atoms with Crippen LogP contribution < -0.4 is 14.2 Å². The molecule has 36 heavy (non-hydrogen) atoms. The van der Waals surface area contributed by atoms with Gasteiger partial charge in [0.15, 0.2) is 11.0 Å². The number of ether oxygens (including phenoxy) is 3. The van der Waals surface area contributed by atoms with Crippen molar-refractivity contribution in [2.24, 2.45) is 0 Å². The van der Waals surface area contributed by atoms with Crippen LogP contribution in [0.5, 0.6) is 17.2 Å². The third-order valence-electron chi connectivity index (χ3n) is 5.56. The maximum atomic E-state index is 12.3. The summed E-state index contributed by atoms with van der Waals surface area (Å²) in [7, 11) is 3.16. The molecule has 0 saturated heterocycles. The van der Waals surface area contributed by atoms with Crippen molar-refractivity contribution in [2.45, 2.75) is 25.5 Å². The highest BCUT2D eigenvalue weighted by Gasteiger charge is 2.20. The summed E-state index contributed by atoms with van der Waals surface area (Å²) in [4.78, 5) is 12.4. The largest absolute Gasteiger partial charge is 0.497 e. The highest BCUT2D eigenvalue weighted by Crippen LogP contribution is 2.35. The van der Waals surface area contributed by atoms with Crippen LogP contribution in [0.4, 0.5) is 0 Å². The third kappa shape index (κ3) is 5.16. The molecule has 0 unspecified atom stereocenters. The van der Waals surface area contributed by atoms with Crippen molar-refractivity contribution in [3.63, 3.8) is 0 Å². The molecule has 0 bridgehead atoms. The Morgan fingerprint density at radius 3 is 2.31 bits per heavy atom. The van der Waals surface area contributed by atoms with Crippen molar-refractivity contribution in [1.82, 2.24) is 14.8 Å². The molecule has 186 valence electrons. The predicted molar refractivity (Wildman–Crippen MR) is 141 cm³/mol. The minimum absolute atomic E-state index is 0.126. The lowest BCUT2D eigenvalue weighted by Crippen LogP contribution is -2.03. The van der Waals surface area contributed by atoms with Gasteiger partial charge in [0.2, 0.25) is 0 Å². The molecule has 0 saturated carbocycles. The van der Waals surface area contributed by atoms with E-state index in [-0.39, 0.29) is 4.91 Å². The lowest BCUT2D eigenvalue weighted by Gasteiger charge is -2.11. The van der Waals surface area contributed by atoms with Gasteiger partial charge in [-0.05, 0) is 60.8 Å². The Morgan fingerprint density at radius 2 is 1.69 bits per heavy atom. The van der Waals surface area contributed by atoms with Crippen molar-refractivity contribution < 1.29 is 24.1 Å². The Balaban J connectivity index is 1.75. The number of fused-ring (bicyclic) bond motifs is 1. The second kappa shape index (κ2) is 11.2. The first-order valence-corrected chi connectivity index (χ1v) is 12.2. The number of carbonyl (C=O) groups is 1. The second-order valence-corrected chi connectivity index (χ2v) is 8.71. The van der Waals surface area contributed by atoms with E-state index in [9.17, 15) is 9.90 Å². The van der Waals surface area contributed by atoms with Crippen molar-refractivity contribution >= 4 is 34.6 Å². The predicted octanol–water partition coefficient (Wildman–Crippen LogP) is 5.75. The zero-order valence-electron chi connectivity index (χ0n) is 20.5. The molecule has 0 aliphatic heterocycles. The van der Waals surface area contributed by atoms with Crippen molar-refractivity contribution in [3.05, 3.63) is 65.1 Å². The molecule has 0 fully saturated rings. The molecule has 0 radical (unpaired) electrons. The number of carboxylic acid groups (broad SMARTS) is 1. The van der Waals surface area contributed by atoms with Gasteiger partial charge in [-0.3, -0.25) is 0 Å². The van der Waals surface area contributed by atoms with Crippen LogP contribution >= 0.6 is 11.8 Å². The van der Waals surface area contributed by atoms with Gasteiger partial charge in [-0.2, -0.15) is 0 Å². The first kappa shape index (κ1) is 25.1. The smallest absolute Gasteiger partial charge is 0.342 e. The topological polar surface area (TPSA) is 95.7 Å². The first-order valence-electron chi connectivity index (χ1n) is 11.4. The van der Waals surface area contributed by atoms with Crippen LogP contribution in [0.3, 0.4) is 0 Å². The summed E-state index contributed by atoms with van der Waals surface area (Å²) in [5.74, 6) is 1.55. The Kier molecular flexibility index (Phi) is 7.80. The fourth-order valence-corrected chi connectivity index (χ4v) is 4.75. The maximum absolute atomic E-state index is 12.3. The molecule has 0 amide bonds. The number of carboxylic acids is 1. The Labute approximate surface area is 213 Å². The molecule has 0 atom stereocenters. The van der Waals surface area contributed by atoms with E-state index >= 15 is 0 Å². The van der Waals surface area contributed by atoms with Crippen molar-refractivity contribution in [1.29, 1.82) is 0 Å². The van der Waals surface area contributed by atoms with Crippen molar-refractivity contribution in [3.8, 4) is 28.6 Å². The number of hydrogen-bond donors (Lipinski definition) is 1. The Bertz CT molecular complexity index is 1410. The highest BCUT2D eigenvalue weighted by molar-refractivity contribution is 8.04. The van der Waals surface area contributed by atoms with E-state index in [4.69, 9.17) is 14.2 Å². The van der Waals surface area contributed by atoms with E-state index in [1.807, 2.05) is 66.9 Å². The monoisotopic (exact) mass is 505 g/mol. The lowest BCUT2D eigenvalue weighted by molar-refractivity contribution is -0.131. The van der Waals surface area contributed by atoms with E-state index < -0.39 is 5.97 Å². The van der Waals surface area contributed by atoms with Crippen molar-refractivity contribution in [2.75, 3.05) is 20.8 Å². The van der Waals surface area contributed by atoms with Crippen LogP contribution in [0.15, 0.2) is 64.7 Å². The van der Waals surface area contributed by atoms with Gasteiger partial charge in [0, 0.05) is 23.6 Å². The summed E-state index contributed by atoms with van der Waals surface area (Å²) in [5.41, 5.74) is 1.53. The standard InChI is InChI=1S/C27H27N3O5S/c1-5-30-25(18-13-19(33-3)16-20(14-18)34-4)28-29-27(30)36-24(26(31)32)15-17-11-12-23(35-6-2)22-10-8-7-9-21(17)22/h7-16H,5-6H2,1-4H3,(H,31,32)/b24-15-. The number of aliphatic carboxylic acids is 1. The number of rotatable bonds is 10. The molecular weight excluding hydrogens is 478 g/mol. The number of benzene rings is 3. The molecule has 8 nitrogen and oxygen atoms in total. The van der Waals surface area contributed by atoms with Gasteiger partial charge in [-0.1, -0.05) is 30.3 Å². The van der Waals surface area contributed by atoms with Gasteiger partial charge in [-0.15, -0.1) is 10.2 Å². The summed E-state index contributed by atoms with van der Waals surface area (Å²) < 4.78 is 18.4. The molecule has 1 aromatic heterocycles. The molecular formula is C27H27N3O5S. The van der Waals surface area contributed by atoms with E-state index in [1.54, 1.807) is 26.4 Å². The Morgan fingerprint density at radius 1 is 1.00 bits per heavy atom. The highest BCUT2D eigenvalue weighted by atomic mass is 32.2. The fourth-order valence-electron chi connectivity index (χ4n) is 3.88. The maximum Gasteiger partial charge on any atom is 0.342 e. The summed E-state index contributed by atoms with van der Waals surface area (Å²) in [6, 6.07) is 17.0. The van der Waals surface area contributed by atoms with E-state index in [2.05, 4.69) is 10.2 Å². The minimum Gasteiger partial charge on any atom is -0.497 e. The van der Waals surface area contributed by atoms with Crippen LogP contribution in [0.25, 0.3) is 28.2 Å². The summed E-state index contributed by atoms with van der Waals surface area (Å²) in [5, 5.41) is 21.0. The van der Waals surface area contributed by atoms with Gasteiger partial charge in [0.25, 0.3) is 0 Å². The van der Waals surface area contributed by atoms with Gasteiger partial charge in [0.05, 0.1) is 20.8 Å². The second-order valence-electron chi connectivity index (χ2n) is 7.70. The summed E-state index contributed by atoms with van der Waals surface area (Å²) in [6.07, 6.45) is 1.66. The van der Waals surface area contributed by atoms with E-state index in [0.717, 1.165) is 39.4 Å². The molecule has 0 aliphatic carbocycles. The molecule has 4 rings (SSSR count). The zero-order valence-corrected chi connectivity index (χ0v) is 21.3. The number of methoxy groups -OCH3 is 2. The molecule has 4 aromatic rings. The molecule has 0 spiro atoms. The molecule has 9 heteroatoms. The number of aromatic nitrogens is 3. The zero-order chi connectivity index (χ0) is 25.7. The van der Waals surface area contributed by atoms with Crippen LogP contribution in [0, 0.1) is 0 Å². The SMILES string of the molecule is CCOc1ccc(/C=C(\Sc2nnc(-c3cc(OC)cc(OC)c3)n2CC)C(=O)O)c2ccccc12. The lowest BCUT2D eigenvalue weighted by atomic mass is 10.0. The normalized spacial score (nSPS) is 11.5. The van der Waals surface area contributed by atoms with Gasteiger partial charge >= 0.3 is 5.97 Å². The fraction of sp³-hybridized carbons (Fsp3) is 0.222. The third-order valence-corrected chi connectivity index (χ3v) is 6.56.